The summed E-state index contributed by atoms with van der Waals surface area (Å²) in [5, 5.41) is 0. The van der Waals surface area contributed by atoms with Gasteiger partial charge in [-0.05, 0) is 18.3 Å². The Balaban J connectivity index is 4.53. The van der Waals surface area contributed by atoms with E-state index in [-0.39, 0.29) is 17.1 Å². The fraction of sp³-hybridized carbons (Fsp3) is 0.750. The summed E-state index contributed by atoms with van der Waals surface area (Å²) in [6.45, 7) is 16.3. The van der Waals surface area contributed by atoms with Crippen LogP contribution in [0.15, 0.2) is 12.2 Å². The molecule has 0 aliphatic carbocycles. The zero-order chi connectivity index (χ0) is 10.8. The van der Waals surface area contributed by atoms with Crippen molar-refractivity contribution in [3.8, 4) is 0 Å². The second-order valence-corrected chi connectivity index (χ2v) is 4.99. The summed E-state index contributed by atoms with van der Waals surface area (Å²) >= 11 is 0. The number of Topliss-reactive ketones (excluding diaryl/α,β-unsaturated/α-hetero) is 1. The van der Waals surface area contributed by atoms with Gasteiger partial charge in [0.2, 0.25) is 0 Å². The highest BCUT2D eigenvalue weighted by Gasteiger charge is 2.26. The van der Waals surface area contributed by atoms with Crippen LogP contribution in [0, 0.1) is 17.3 Å². The molecule has 0 heterocycles. The van der Waals surface area contributed by atoms with Gasteiger partial charge in [-0.25, -0.2) is 0 Å². The van der Waals surface area contributed by atoms with Crippen LogP contribution in [0.4, 0.5) is 0 Å². The Hall–Kier alpha value is -0.590. The maximum Gasteiger partial charge on any atom is 0.136 e. The second-order valence-electron chi connectivity index (χ2n) is 4.99. The molecule has 0 rings (SSSR count). The number of hydrogen-bond acceptors (Lipinski definition) is 1. The monoisotopic (exact) mass is 182 g/mol. The smallest absolute Gasteiger partial charge is 0.136 e. The van der Waals surface area contributed by atoms with Crippen LogP contribution in [-0.2, 0) is 4.79 Å². The van der Waals surface area contributed by atoms with E-state index in [1.165, 1.54) is 0 Å². The molecule has 1 heteroatoms. The molecule has 0 fully saturated rings. The highest BCUT2D eigenvalue weighted by molar-refractivity contribution is 5.80. The molecule has 0 bridgehead atoms. The lowest BCUT2D eigenvalue weighted by molar-refractivity contribution is -0.119. The molecule has 0 N–H and O–H groups in total. The first-order valence-electron chi connectivity index (χ1n) is 4.87. The molecule has 0 aromatic rings. The molecule has 0 aliphatic rings. The van der Waals surface area contributed by atoms with Gasteiger partial charge in [0.15, 0.2) is 0 Å². The van der Waals surface area contributed by atoms with Gasteiger partial charge >= 0.3 is 0 Å². The van der Waals surface area contributed by atoms with Crippen molar-refractivity contribution >= 4 is 5.78 Å². The van der Waals surface area contributed by atoms with Crippen LogP contribution in [0.3, 0.4) is 0 Å². The molecule has 1 nitrogen and oxygen atoms in total. The third-order valence-electron chi connectivity index (χ3n) is 3.02. The van der Waals surface area contributed by atoms with Crippen molar-refractivity contribution in [3.63, 3.8) is 0 Å². The Morgan fingerprint density at radius 3 is 1.85 bits per heavy atom. The van der Waals surface area contributed by atoms with Crippen LogP contribution in [-0.4, -0.2) is 5.78 Å². The Morgan fingerprint density at radius 2 is 1.62 bits per heavy atom. The zero-order valence-corrected chi connectivity index (χ0v) is 9.77. The molecule has 0 radical (unpaired) electrons. The fourth-order valence-corrected chi connectivity index (χ4v) is 1.19. The summed E-state index contributed by atoms with van der Waals surface area (Å²) < 4.78 is 0. The molecular formula is C12H22O. The van der Waals surface area contributed by atoms with Crippen LogP contribution in [0.25, 0.3) is 0 Å². The van der Waals surface area contributed by atoms with E-state index in [1.807, 2.05) is 6.92 Å². The van der Waals surface area contributed by atoms with Crippen molar-refractivity contribution in [2.24, 2.45) is 17.3 Å². The second kappa shape index (κ2) is 4.08. The molecule has 0 aromatic carbocycles. The quantitative estimate of drug-likeness (QED) is 0.611. The summed E-state index contributed by atoms with van der Waals surface area (Å²) in [5.74, 6) is 0.585. The molecule has 13 heavy (non-hydrogen) atoms. The van der Waals surface area contributed by atoms with Crippen LogP contribution in [0.1, 0.15) is 41.5 Å². The minimum Gasteiger partial charge on any atom is -0.299 e. The number of ketones is 1. The molecule has 2 unspecified atom stereocenters. The highest BCUT2D eigenvalue weighted by atomic mass is 16.1. The number of allylic oxidation sites excluding steroid dienone is 1. The molecule has 76 valence electrons. The van der Waals surface area contributed by atoms with E-state index in [0.29, 0.717) is 5.92 Å². The highest BCUT2D eigenvalue weighted by Crippen LogP contribution is 2.34. The summed E-state index contributed by atoms with van der Waals surface area (Å²) in [5.41, 5.74) is 1.25. The van der Waals surface area contributed by atoms with Gasteiger partial charge in [0, 0.05) is 5.92 Å². The topological polar surface area (TPSA) is 17.1 Å². The predicted molar refractivity (Wildman–Crippen MR) is 57.6 cm³/mol. The molecule has 0 aromatic heterocycles. The van der Waals surface area contributed by atoms with Crippen molar-refractivity contribution in [1.82, 2.24) is 0 Å². The minimum atomic E-state index is -0.00535. The molecule has 0 aliphatic heterocycles. The number of hydrogen-bond donors (Lipinski definition) is 0. The van der Waals surface area contributed by atoms with Gasteiger partial charge in [0.05, 0.1) is 0 Å². The number of carbonyl (C=O) groups is 1. The summed E-state index contributed by atoms with van der Waals surface area (Å²) in [7, 11) is 0. The number of carbonyl (C=O) groups excluding carboxylic acids is 1. The van der Waals surface area contributed by atoms with Crippen LogP contribution in [0.2, 0.25) is 0 Å². The van der Waals surface area contributed by atoms with E-state index in [1.54, 1.807) is 6.92 Å². The fourth-order valence-electron chi connectivity index (χ4n) is 1.19. The lowest BCUT2D eigenvalue weighted by Gasteiger charge is -2.31. The van der Waals surface area contributed by atoms with Gasteiger partial charge in [-0.1, -0.05) is 46.8 Å². The molecule has 0 spiro atoms. The third kappa shape index (κ3) is 3.33. The van der Waals surface area contributed by atoms with Crippen molar-refractivity contribution in [2.75, 3.05) is 0 Å². The lowest BCUT2D eigenvalue weighted by atomic mass is 9.74. The van der Waals surface area contributed by atoms with E-state index in [9.17, 15) is 4.79 Å². The molecule has 0 amide bonds. The number of rotatable bonds is 3. The van der Waals surface area contributed by atoms with Gasteiger partial charge in [-0.3, -0.25) is 4.79 Å². The van der Waals surface area contributed by atoms with Crippen LogP contribution in [0.5, 0.6) is 0 Å². The van der Waals surface area contributed by atoms with Gasteiger partial charge in [-0.15, -0.1) is 0 Å². The van der Waals surface area contributed by atoms with Crippen LogP contribution >= 0.6 is 0 Å². The average Bonchev–Trinajstić information content (AvgIpc) is 1.98. The average molecular weight is 182 g/mol. The van der Waals surface area contributed by atoms with E-state index < -0.39 is 0 Å². The Kier molecular flexibility index (Phi) is 3.89. The lowest BCUT2D eigenvalue weighted by Crippen LogP contribution is -2.24. The maximum atomic E-state index is 11.2. The first kappa shape index (κ1) is 12.4. The Bertz CT molecular complexity index is 208. The largest absolute Gasteiger partial charge is 0.299 e. The Morgan fingerprint density at radius 1 is 1.23 bits per heavy atom. The standard InChI is InChI=1S/C12H22O/c1-8(9(2)11(4)13)10(3)12(5,6)7/h9-10H,1H2,2-7H3. The summed E-state index contributed by atoms with van der Waals surface area (Å²) in [6, 6.07) is 0. The van der Waals surface area contributed by atoms with Crippen LogP contribution < -0.4 is 0 Å². The third-order valence-corrected chi connectivity index (χ3v) is 3.02. The van der Waals surface area contributed by atoms with Crippen molar-refractivity contribution in [1.29, 1.82) is 0 Å². The van der Waals surface area contributed by atoms with Crippen molar-refractivity contribution < 1.29 is 4.79 Å². The molecular weight excluding hydrogens is 160 g/mol. The maximum absolute atomic E-state index is 11.2. The molecule has 0 saturated heterocycles. The van der Waals surface area contributed by atoms with Gasteiger partial charge < -0.3 is 0 Å². The predicted octanol–water partition coefficient (Wildman–Crippen LogP) is 3.45. The summed E-state index contributed by atoms with van der Waals surface area (Å²) in [6.07, 6.45) is 0. The van der Waals surface area contributed by atoms with Gasteiger partial charge in [0.25, 0.3) is 0 Å². The molecule has 2 atom stereocenters. The van der Waals surface area contributed by atoms with Crippen molar-refractivity contribution in [3.05, 3.63) is 12.2 Å². The van der Waals surface area contributed by atoms with E-state index in [2.05, 4.69) is 34.3 Å². The first-order chi connectivity index (χ1) is 5.68. The first-order valence-corrected chi connectivity index (χ1v) is 4.87. The minimum absolute atomic E-state index is 0.00535. The van der Waals surface area contributed by atoms with E-state index in [4.69, 9.17) is 0 Å². The molecule has 0 saturated carbocycles. The van der Waals surface area contributed by atoms with Gasteiger partial charge in [0.1, 0.15) is 5.78 Å². The van der Waals surface area contributed by atoms with E-state index >= 15 is 0 Å². The SMILES string of the molecule is C=C(C(C)C(C)=O)C(C)C(C)(C)C. The summed E-state index contributed by atoms with van der Waals surface area (Å²) in [4.78, 5) is 11.2. The Labute approximate surface area is 82.2 Å². The van der Waals surface area contributed by atoms with Gasteiger partial charge in [-0.2, -0.15) is 0 Å². The van der Waals surface area contributed by atoms with E-state index in [0.717, 1.165) is 5.57 Å². The zero-order valence-electron chi connectivity index (χ0n) is 9.77. The van der Waals surface area contributed by atoms with Crippen molar-refractivity contribution in [2.45, 2.75) is 41.5 Å². The normalized spacial score (nSPS) is 16.5.